The average molecular weight is 360 g/mol. The highest BCUT2D eigenvalue weighted by molar-refractivity contribution is 5.87. The first-order valence-corrected chi connectivity index (χ1v) is 9.24. The number of carbonyl (C=O) groups excluding carboxylic acids is 3. The molecule has 1 heterocycles. The van der Waals surface area contributed by atoms with Crippen LogP contribution in [-0.2, 0) is 24.5 Å². The van der Waals surface area contributed by atoms with E-state index in [1.54, 1.807) is 4.90 Å². The van der Waals surface area contributed by atoms with Gasteiger partial charge in [-0.25, -0.2) is 0 Å². The second kappa shape index (κ2) is 9.36. The number of rotatable bonds is 7. The van der Waals surface area contributed by atoms with Crippen molar-refractivity contribution in [2.24, 2.45) is 0 Å². The summed E-state index contributed by atoms with van der Waals surface area (Å²) in [5.74, 6) is -0.663. The first kappa shape index (κ1) is 19.9. The van der Waals surface area contributed by atoms with Gasteiger partial charge in [-0.15, -0.1) is 0 Å². The van der Waals surface area contributed by atoms with Crippen LogP contribution in [0.4, 0.5) is 0 Å². The fourth-order valence-electron chi connectivity index (χ4n) is 3.30. The maximum Gasteiger partial charge on any atom is 0.317 e. The largest absolute Gasteiger partial charge is 0.455 e. The molecule has 1 aromatic rings. The molecule has 0 bridgehead atoms. The van der Waals surface area contributed by atoms with Crippen LogP contribution in [-0.4, -0.2) is 48.9 Å². The Balaban J connectivity index is 2.06. The molecule has 1 fully saturated rings. The third kappa shape index (κ3) is 4.84. The smallest absolute Gasteiger partial charge is 0.317 e. The van der Waals surface area contributed by atoms with E-state index in [9.17, 15) is 14.4 Å². The summed E-state index contributed by atoms with van der Waals surface area (Å²) in [6, 6.07) is 9.49. The third-order valence-corrected chi connectivity index (χ3v) is 4.97. The second-order valence-electron chi connectivity index (χ2n) is 6.73. The molecule has 2 amide bonds. The van der Waals surface area contributed by atoms with Crippen LogP contribution in [0, 0.1) is 0 Å². The SMILES string of the molecule is CCCCNC(=O)COC(=O)C1(c2ccccc2)CCN(C(C)=O)CC1. The van der Waals surface area contributed by atoms with E-state index in [0.29, 0.717) is 32.5 Å². The van der Waals surface area contributed by atoms with Crippen LogP contribution in [0.1, 0.15) is 45.1 Å². The van der Waals surface area contributed by atoms with E-state index in [-0.39, 0.29) is 18.4 Å². The van der Waals surface area contributed by atoms with Crippen molar-refractivity contribution in [3.8, 4) is 0 Å². The van der Waals surface area contributed by atoms with E-state index in [4.69, 9.17) is 4.74 Å². The van der Waals surface area contributed by atoms with Gasteiger partial charge in [0.15, 0.2) is 6.61 Å². The molecule has 0 unspecified atom stereocenters. The van der Waals surface area contributed by atoms with Crippen molar-refractivity contribution in [3.05, 3.63) is 35.9 Å². The summed E-state index contributed by atoms with van der Waals surface area (Å²) < 4.78 is 5.37. The molecule has 26 heavy (non-hydrogen) atoms. The fraction of sp³-hybridized carbons (Fsp3) is 0.550. The Labute approximate surface area is 154 Å². The standard InChI is InChI=1S/C20H28N2O4/c1-3-4-12-21-18(24)15-26-19(25)20(17-8-6-5-7-9-17)10-13-22(14-11-20)16(2)23/h5-9H,3-4,10-15H2,1-2H3,(H,21,24). The van der Waals surface area contributed by atoms with Gasteiger partial charge in [0.1, 0.15) is 0 Å². The van der Waals surface area contributed by atoms with Gasteiger partial charge in [0.25, 0.3) is 5.91 Å². The number of likely N-dealkylation sites (tertiary alicyclic amines) is 1. The Bertz CT molecular complexity index is 622. The lowest BCUT2D eigenvalue weighted by molar-refractivity contribution is -0.157. The number of carbonyl (C=O) groups is 3. The molecular formula is C20H28N2O4. The van der Waals surface area contributed by atoms with Crippen LogP contribution in [0.2, 0.25) is 0 Å². The number of nitrogens with one attached hydrogen (secondary N) is 1. The summed E-state index contributed by atoms with van der Waals surface area (Å²) in [6.07, 6.45) is 2.87. The van der Waals surface area contributed by atoms with Crippen molar-refractivity contribution < 1.29 is 19.1 Å². The van der Waals surface area contributed by atoms with Crippen LogP contribution in [0.15, 0.2) is 30.3 Å². The van der Waals surface area contributed by atoms with Gasteiger partial charge in [-0.2, -0.15) is 0 Å². The van der Waals surface area contributed by atoms with Gasteiger partial charge in [0, 0.05) is 26.6 Å². The van der Waals surface area contributed by atoms with Crippen molar-refractivity contribution in [1.82, 2.24) is 10.2 Å². The molecule has 0 atom stereocenters. The lowest BCUT2D eigenvalue weighted by Crippen LogP contribution is -2.49. The number of hydrogen-bond acceptors (Lipinski definition) is 4. The predicted molar refractivity (Wildman–Crippen MR) is 98.5 cm³/mol. The molecule has 0 aliphatic carbocycles. The third-order valence-electron chi connectivity index (χ3n) is 4.97. The summed E-state index contributed by atoms with van der Waals surface area (Å²) in [6.45, 7) is 4.90. The van der Waals surface area contributed by atoms with Crippen molar-refractivity contribution in [1.29, 1.82) is 0 Å². The van der Waals surface area contributed by atoms with Gasteiger partial charge >= 0.3 is 5.97 Å². The second-order valence-corrected chi connectivity index (χ2v) is 6.73. The van der Waals surface area contributed by atoms with Gasteiger partial charge < -0.3 is 15.0 Å². The maximum atomic E-state index is 12.9. The number of benzene rings is 1. The minimum atomic E-state index is -0.809. The van der Waals surface area contributed by atoms with Crippen LogP contribution in [0.25, 0.3) is 0 Å². The van der Waals surface area contributed by atoms with Crippen LogP contribution >= 0.6 is 0 Å². The van der Waals surface area contributed by atoms with Gasteiger partial charge in [0.05, 0.1) is 5.41 Å². The molecule has 1 saturated heterocycles. The van der Waals surface area contributed by atoms with E-state index < -0.39 is 11.4 Å². The normalized spacial score (nSPS) is 16.0. The van der Waals surface area contributed by atoms with Crippen molar-refractivity contribution in [2.75, 3.05) is 26.2 Å². The number of ether oxygens (including phenoxy) is 1. The molecule has 1 aromatic carbocycles. The highest BCUT2D eigenvalue weighted by Crippen LogP contribution is 2.36. The lowest BCUT2D eigenvalue weighted by Gasteiger charge is -2.40. The van der Waals surface area contributed by atoms with E-state index in [0.717, 1.165) is 18.4 Å². The number of esters is 1. The number of hydrogen-bond donors (Lipinski definition) is 1. The van der Waals surface area contributed by atoms with E-state index in [2.05, 4.69) is 5.32 Å². The summed E-state index contributed by atoms with van der Waals surface area (Å²) in [7, 11) is 0. The average Bonchev–Trinajstić information content (AvgIpc) is 2.67. The Morgan fingerprint density at radius 3 is 2.38 bits per heavy atom. The first-order chi connectivity index (χ1) is 12.5. The zero-order valence-electron chi connectivity index (χ0n) is 15.6. The van der Waals surface area contributed by atoms with Crippen molar-refractivity contribution in [2.45, 2.75) is 44.9 Å². The zero-order valence-corrected chi connectivity index (χ0v) is 15.6. The van der Waals surface area contributed by atoms with E-state index >= 15 is 0 Å². The van der Waals surface area contributed by atoms with E-state index in [1.165, 1.54) is 6.92 Å². The fourth-order valence-corrected chi connectivity index (χ4v) is 3.30. The van der Waals surface area contributed by atoms with Gasteiger partial charge in [-0.1, -0.05) is 43.7 Å². The molecule has 6 heteroatoms. The molecule has 1 N–H and O–H groups in total. The molecule has 0 radical (unpaired) electrons. The summed E-state index contributed by atoms with van der Waals surface area (Å²) in [5, 5.41) is 2.75. The number of unbranched alkanes of at least 4 members (excludes halogenated alkanes) is 1. The summed E-state index contributed by atoms with van der Waals surface area (Å²) >= 11 is 0. The Hall–Kier alpha value is -2.37. The molecule has 0 aromatic heterocycles. The quantitative estimate of drug-likeness (QED) is 0.596. The van der Waals surface area contributed by atoms with E-state index in [1.807, 2.05) is 37.3 Å². The molecule has 142 valence electrons. The van der Waals surface area contributed by atoms with Crippen LogP contribution in [0.3, 0.4) is 0 Å². The zero-order chi connectivity index (χ0) is 19.0. The molecule has 0 spiro atoms. The summed E-state index contributed by atoms with van der Waals surface area (Å²) in [4.78, 5) is 38.1. The molecule has 2 rings (SSSR count). The van der Waals surface area contributed by atoms with Crippen molar-refractivity contribution in [3.63, 3.8) is 0 Å². The molecule has 1 aliphatic heterocycles. The predicted octanol–water partition coefficient (Wildman–Crippen LogP) is 2.03. The topological polar surface area (TPSA) is 75.7 Å². The highest BCUT2D eigenvalue weighted by Gasteiger charge is 2.44. The van der Waals surface area contributed by atoms with Gasteiger partial charge in [-0.3, -0.25) is 14.4 Å². The maximum absolute atomic E-state index is 12.9. The van der Waals surface area contributed by atoms with Crippen molar-refractivity contribution >= 4 is 17.8 Å². The Morgan fingerprint density at radius 1 is 1.15 bits per heavy atom. The monoisotopic (exact) mass is 360 g/mol. The molecule has 1 aliphatic rings. The highest BCUT2D eigenvalue weighted by atomic mass is 16.5. The minimum Gasteiger partial charge on any atom is -0.455 e. The van der Waals surface area contributed by atoms with Gasteiger partial charge in [0.2, 0.25) is 5.91 Å². The Morgan fingerprint density at radius 2 is 1.81 bits per heavy atom. The molecule has 6 nitrogen and oxygen atoms in total. The molecule has 0 saturated carbocycles. The van der Waals surface area contributed by atoms with Crippen LogP contribution < -0.4 is 5.32 Å². The van der Waals surface area contributed by atoms with Crippen LogP contribution in [0.5, 0.6) is 0 Å². The number of amides is 2. The first-order valence-electron chi connectivity index (χ1n) is 9.24. The minimum absolute atomic E-state index is 0.00957. The number of nitrogens with zero attached hydrogens (tertiary/aromatic N) is 1. The lowest BCUT2D eigenvalue weighted by atomic mass is 9.72. The Kier molecular flexibility index (Phi) is 7.18. The summed E-state index contributed by atoms with van der Waals surface area (Å²) in [5.41, 5.74) is 0.0660. The van der Waals surface area contributed by atoms with Gasteiger partial charge in [-0.05, 0) is 24.8 Å². The number of piperidine rings is 1. The molecular weight excluding hydrogens is 332 g/mol.